The Balaban J connectivity index is 1.33. The number of hydrogen-bond acceptors (Lipinski definition) is 7. The lowest BCUT2D eigenvalue weighted by molar-refractivity contribution is 0.339. The van der Waals surface area contributed by atoms with Gasteiger partial charge in [-0.15, -0.1) is 0 Å². The molecule has 2 fully saturated rings. The molecule has 2 aliphatic rings. The molecule has 0 aromatic carbocycles. The van der Waals surface area contributed by atoms with Crippen molar-refractivity contribution < 1.29 is 8.42 Å². The van der Waals surface area contributed by atoms with E-state index in [0.717, 1.165) is 62.5 Å². The fourth-order valence-electron chi connectivity index (χ4n) is 5.27. The number of sulfonamides is 1. The topological polar surface area (TPSA) is 105 Å². The van der Waals surface area contributed by atoms with Crippen LogP contribution >= 0.6 is 0 Å². The highest BCUT2D eigenvalue weighted by Crippen LogP contribution is 2.25. The summed E-state index contributed by atoms with van der Waals surface area (Å²) in [5.41, 5.74) is 1.80. The minimum Gasteiger partial charge on any atom is -0.351 e. The van der Waals surface area contributed by atoms with Crippen LogP contribution < -0.4 is 10.0 Å². The highest BCUT2D eigenvalue weighted by Gasteiger charge is 2.26. The standard InChI is InChI=1S/C24H39N7O2S/c1-18(2)31-19(3)26-17-23(31)22-10-11-25-24(28-22)27-20-8-6-9-21(16-20)29-34(32,33)15-7-14-30-12-4-5-13-30/h10-11,17-18,20-21,29H,4-9,12-16H2,1-3H3,(H,25,27,28). The van der Waals surface area contributed by atoms with Crippen LogP contribution in [-0.2, 0) is 10.0 Å². The Kier molecular flexibility index (Phi) is 8.21. The summed E-state index contributed by atoms with van der Waals surface area (Å²) < 4.78 is 30.4. The van der Waals surface area contributed by atoms with Crippen molar-refractivity contribution in [1.82, 2.24) is 29.1 Å². The molecule has 0 bridgehead atoms. The van der Waals surface area contributed by atoms with Gasteiger partial charge in [-0.05, 0) is 91.4 Å². The van der Waals surface area contributed by atoms with Gasteiger partial charge in [-0.1, -0.05) is 0 Å². The van der Waals surface area contributed by atoms with Gasteiger partial charge in [0.15, 0.2) is 0 Å². The molecule has 1 aliphatic carbocycles. The van der Waals surface area contributed by atoms with Gasteiger partial charge in [-0.3, -0.25) is 0 Å². The van der Waals surface area contributed by atoms with Crippen molar-refractivity contribution in [2.45, 2.75) is 83.8 Å². The third-order valence-electron chi connectivity index (χ3n) is 6.86. The molecule has 3 heterocycles. The zero-order valence-corrected chi connectivity index (χ0v) is 21.5. The van der Waals surface area contributed by atoms with Gasteiger partial charge in [0.2, 0.25) is 16.0 Å². The Morgan fingerprint density at radius 2 is 1.88 bits per heavy atom. The van der Waals surface area contributed by atoms with Crippen molar-refractivity contribution in [1.29, 1.82) is 0 Å². The quantitative estimate of drug-likeness (QED) is 0.527. The third kappa shape index (κ3) is 6.55. The number of likely N-dealkylation sites (tertiary alicyclic amines) is 1. The number of rotatable bonds is 10. The zero-order valence-electron chi connectivity index (χ0n) is 20.7. The first kappa shape index (κ1) is 25.1. The Morgan fingerprint density at radius 1 is 1.12 bits per heavy atom. The summed E-state index contributed by atoms with van der Waals surface area (Å²) in [4.78, 5) is 16.0. The molecule has 34 heavy (non-hydrogen) atoms. The zero-order chi connectivity index (χ0) is 24.1. The summed E-state index contributed by atoms with van der Waals surface area (Å²) >= 11 is 0. The van der Waals surface area contributed by atoms with E-state index in [1.165, 1.54) is 12.8 Å². The van der Waals surface area contributed by atoms with E-state index in [-0.39, 0.29) is 23.9 Å². The largest absolute Gasteiger partial charge is 0.351 e. The van der Waals surface area contributed by atoms with Gasteiger partial charge in [0.25, 0.3) is 0 Å². The van der Waals surface area contributed by atoms with Gasteiger partial charge in [-0.25, -0.2) is 28.1 Å². The lowest BCUT2D eigenvalue weighted by Crippen LogP contribution is -2.43. The molecular formula is C24H39N7O2S. The van der Waals surface area contributed by atoms with E-state index in [0.29, 0.717) is 12.4 Å². The summed E-state index contributed by atoms with van der Waals surface area (Å²) in [5, 5.41) is 3.45. The maximum absolute atomic E-state index is 12.6. The van der Waals surface area contributed by atoms with Crippen LogP contribution in [0.4, 0.5) is 5.95 Å². The van der Waals surface area contributed by atoms with E-state index in [4.69, 9.17) is 4.98 Å². The summed E-state index contributed by atoms with van der Waals surface area (Å²) in [7, 11) is -3.27. The smallest absolute Gasteiger partial charge is 0.223 e. The van der Waals surface area contributed by atoms with Crippen LogP contribution in [0.5, 0.6) is 0 Å². The molecule has 10 heteroatoms. The Bertz CT molecular complexity index is 1050. The summed E-state index contributed by atoms with van der Waals surface area (Å²) in [6, 6.07) is 2.28. The van der Waals surface area contributed by atoms with E-state index in [1.807, 2.05) is 19.2 Å². The maximum atomic E-state index is 12.6. The predicted octanol–water partition coefficient (Wildman–Crippen LogP) is 3.36. The van der Waals surface area contributed by atoms with E-state index in [1.54, 1.807) is 6.20 Å². The SMILES string of the molecule is Cc1ncc(-c2ccnc(NC3CCCC(NS(=O)(=O)CCCN4CCCC4)C3)n2)n1C(C)C. The lowest BCUT2D eigenvalue weighted by atomic mass is 9.92. The van der Waals surface area contributed by atoms with Crippen molar-refractivity contribution in [3.63, 3.8) is 0 Å². The highest BCUT2D eigenvalue weighted by atomic mass is 32.2. The molecule has 1 saturated heterocycles. The number of nitrogens with one attached hydrogen (secondary N) is 2. The first-order valence-electron chi connectivity index (χ1n) is 12.7. The van der Waals surface area contributed by atoms with Crippen LogP contribution in [0.15, 0.2) is 18.5 Å². The molecule has 0 radical (unpaired) electrons. The van der Waals surface area contributed by atoms with Crippen molar-refractivity contribution in [3.8, 4) is 11.4 Å². The molecular weight excluding hydrogens is 450 g/mol. The minimum atomic E-state index is -3.27. The third-order valence-corrected chi connectivity index (χ3v) is 8.37. The molecule has 0 amide bonds. The van der Waals surface area contributed by atoms with Crippen molar-refractivity contribution >= 4 is 16.0 Å². The van der Waals surface area contributed by atoms with Crippen molar-refractivity contribution in [2.75, 3.05) is 30.7 Å². The second kappa shape index (κ2) is 11.1. The van der Waals surface area contributed by atoms with Crippen LogP contribution in [0.3, 0.4) is 0 Å². The number of anilines is 1. The summed E-state index contributed by atoms with van der Waals surface area (Å²) in [5.74, 6) is 1.73. The van der Waals surface area contributed by atoms with E-state index in [2.05, 4.69) is 43.3 Å². The Morgan fingerprint density at radius 3 is 2.65 bits per heavy atom. The van der Waals surface area contributed by atoms with E-state index in [9.17, 15) is 8.42 Å². The molecule has 188 valence electrons. The molecule has 2 atom stereocenters. The van der Waals surface area contributed by atoms with Crippen LogP contribution in [-0.4, -0.2) is 70.3 Å². The molecule has 1 aliphatic heterocycles. The van der Waals surface area contributed by atoms with Crippen LogP contribution in [0.25, 0.3) is 11.4 Å². The molecule has 2 aromatic heterocycles. The minimum absolute atomic E-state index is 0.0451. The highest BCUT2D eigenvalue weighted by molar-refractivity contribution is 7.89. The number of aromatic nitrogens is 4. The number of nitrogens with zero attached hydrogens (tertiary/aromatic N) is 5. The fourth-order valence-corrected chi connectivity index (χ4v) is 6.62. The fraction of sp³-hybridized carbons (Fsp3) is 0.708. The molecule has 1 saturated carbocycles. The monoisotopic (exact) mass is 489 g/mol. The van der Waals surface area contributed by atoms with Crippen LogP contribution in [0, 0.1) is 6.92 Å². The van der Waals surface area contributed by atoms with Gasteiger partial charge in [0, 0.05) is 24.3 Å². The predicted molar refractivity (Wildman–Crippen MR) is 135 cm³/mol. The van der Waals surface area contributed by atoms with E-state index >= 15 is 0 Å². The lowest BCUT2D eigenvalue weighted by Gasteiger charge is -2.30. The average Bonchev–Trinajstić information content (AvgIpc) is 3.43. The molecule has 0 spiro atoms. The summed E-state index contributed by atoms with van der Waals surface area (Å²) in [6.07, 6.45) is 10.3. The number of imidazole rings is 1. The second-order valence-corrected chi connectivity index (χ2v) is 11.8. The molecule has 2 unspecified atom stereocenters. The summed E-state index contributed by atoms with van der Waals surface area (Å²) in [6.45, 7) is 9.35. The number of hydrogen-bond donors (Lipinski definition) is 2. The average molecular weight is 490 g/mol. The van der Waals surface area contributed by atoms with Gasteiger partial charge in [-0.2, -0.15) is 0 Å². The number of aryl methyl sites for hydroxylation is 1. The molecule has 9 nitrogen and oxygen atoms in total. The molecule has 2 aromatic rings. The first-order chi connectivity index (χ1) is 16.3. The normalized spacial score (nSPS) is 21.9. The Labute approximate surface area is 203 Å². The van der Waals surface area contributed by atoms with Crippen LogP contribution in [0.2, 0.25) is 0 Å². The van der Waals surface area contributed by atoms with Gasteiger partial charge >= 0.3 is 0 Å². The van der Waals surface area contributed by atoms with Crippen LogP contribution in [0.1, 0.15) is 70.7 Å². The van der Waals surface area contributed by atoms with E-state index < -0.39 is 10.0 Å². The van der Waals surface area contributed by atoms with Gasteiger partial charge in [0.05, 0.1) is 23.3 Å². The molecule has 2 N–H and O–H groups in total. The van der Waals surface area contributed by atoms with Gasteiger partial charge < -0.3 is 14.8 Å². The Hall–Kier alpha value is -2.04. The van der Waals surface area contributed by atoms with Gasteiger partial charge in [0.1, 0.15) is 5.82 Å². The van der Waals surface area contributed by atoms with Crippen molar-refractivity contribution in [3.05, 3.63) is 24.3 Å². The molecule has 4 rings (SSSR count). The van der Waals surface area contributed by atoms with Crippen molar-refractivity contribution in [2.24, 2.45) is 0 Å². The maximum Gasteiger partial charge on any atom is 0.223 e. The second-order valence-electron chi connectivity index (χ2n) is 9.96. The first-order valence-corrected chi connectivity index (χ1v) is 14.3.